The van der Waals surface area contributed by atoms with Crippen LogP contribution in [-0.4, -0.2) is 40.6 Å². The average Bonchev–Trinajstić information content (AvgIpc) is 2.37. The summed E-state index contributed by atoms with van der Waals surface area (Å²) in [5, 5.41) is 0. The van der Waals surface area contributed by atoms with Crippen LogP contribution in [0.2, 0.25) is 0 Å². The molecule has 1 fully saturated rings. The second-order valence-electron chi connectivity index (χ2n) is 6.05. The van der Waals surface area contributed by atoms with E-state index in [4.69, 9.17) is 4.74 Å². The number of ether oxygens (including phenoxy) is 1. The van der Waals surface area contributed by atoms with Crippen molar-refractivity contribution in [3.8, 4) is 0 Å². The van der Waals surface area contributed by atoms with Gasteiger partial charge in [-0.1, -0.05) is 13.8 Å². The summed E-state index contributed by atoms with van der Waals surface area (Å²) in [4.78, 5) is 22.0. The summed E-state index contributed by atoms with van der Waals surface area (Å²) in [5.41, 5.74) is 1.54. The van der Waals surface area contributed by atoms with Crippen LogP contribution >= 0.6 is 0 Å². The van der Waals surface area contributed by atoms with Gasteiger partial charge in [-0.05, 0) is 26.7 Å². The van der Waals surface area contributed by atoms with Crippen LogP contribution in [0.3, 0.4) is 0 Å². The molecular formula is C15H25N3O2. The maximum Gasteiger partial charge on any atom is 0.254 e. The first-order chi connectivity index (χ1) is 9.40. The van der Waals surface area contributed by atoms with E-state index in [0.717, 1.165) is 24.3 Å². The molecule has 2 rings (SSSR count). The topological polar surface area (TPSA) is 58.2 Å². The van der Waals surface area contributed by atoms with Crippen molar-refractivity contribution in [2.24, 2.45) is 0 Å². The van der Waals surface area contributed by atoms with Gasteiger partial charge in [0.15, 0.2) is 0 Å². The Morgan fingerprint density at radius 2 is 2.05 bits per heavy atom. The number of aryl methyl sites for hydroxylation is 1. The lowest BCUT2D eigenvalue weighted by atomic mass is 10.0. The zero-order chi connectivity index (χ0) is 14.9. The van der Waals surface area contributed by atoms with Crippen LogP contribution in [0.1, 0.15) is 56.8 Å². The molecule has 1 aromatic rings. The quantitative estimate of drug-likeness (QED) is 0.919. The molecule has 1 N–H and O–H groups in total. The highest BCUT2D eigenvalue weighted by molar-refractivity contribution is 5.20. The molecule has 0 amide bonds. The summed E-state index contributed by atoms with van der Waals surface area (Å²) in [6.45, 7) is 12.7. The second kappa shape index (κ2) is 6.06. The molecule has 0 spiro atoms. The molecule has 1 unspecified atom stereocenters. The molecule has 1 atom stereocenters. The number of hydrogen-bond acceptors (Lipinski definition) is 4. The van der Waals surface area contributed by atoms with E-state index < -0.39 is 0 Å². The lowest BCUT2D eigenvalue weighted by molar-refractivity contribution is -0.0444. The predicted molar refractivity (Wildman–Crippen MR) is 79.1 cm³/mol. The normalized spacial score (nSPS) is 20.9. The largest absolute Gasteiger partial charge is 0.368 e. The fourth-order valence-corrected chi connectivity index (χ4v) is 2.75. The first-order valence-electron chi connectivity index (χ1n) is 7.36. The first-order valence-corrected chi connectivity index (χ1v) is 7.36. The standard InChI is InChI=1S/C15H25N3O2/c1-9(2)13-11(5)16-14(17-15(13)19)12-8-18(10(3)4)6-7-20-12/h9-10,12H,6-8H2,1-5H3,(H,16,17,19). The molecule has 20 heavy (non-hydrogen) atoms. The highest BCUT2D eigenvalue weighted by Crippen LogP contribution is 2.21. The maximum absolute atomic E-state index is 12.2. The Balaban J connectivity index is 2.27. The number of aromatic amines is 1. The van der Waals surface area contributed by atoms with Gasteiger partial charge < -0.3 is 9.72 Å². The lowest BCUT2D eigenvalue weighted by Gasteiger charge is -2.35. The van der Waals surface area contributed by atoms with Crippen LogP contribution in [0.15, 0.2) is 4.79 Å². The molecule has 0 saturated carbocycles. The third-order valence-electron chi connectivity index (χ3n) is 3.87. The minimum atomic E-state index is -0.140. The van der Waals surface area contributed by atoms with Crippen molar-refractivity contribution in [3.63, 3.8) is 0 Å². The van der Waals surface area contributed by atoms with Crippen LogP contribution in [0.4, 0.5) is 0 Å². The van der Waals surface area contributed by atoms with E-state index in [9.17, 15) is 4.79 Å². The molecule has 0 radical (unpaired) electrons. The van der Waals surface area contributed by atoms with Crippen LogP contribution in [0.5, 0.6) is 0 Å². The highest BCUT2D eigenvalue weighted by Gasteiger charge is 2.26. The lowest BCUT2D eigenvalue weighted by Crippen LogP contribution is -2.43. The summed E-state index contributed by atoms with van der Waals surface area (Å²) in [6, 6.07) is 0.476. The summed E-state index contributed by atoms with van der Waals surface area (Å²) in [5.74, 6) is 0.835. The number of rotatable bonds is 3. The maximum atomic E-state index is 12.2. The molecule has 5 nitrogen and oxygen atoms in total. The molecule has 5 heteroatoms. The Kier molecular flexibility index (Phi) is 4.60. The van der Waals surface area contributed by atoms with Gasteiger partial charge in [0.1, 0.15) is 11.9 Å². The molecule has 1 aliphatic rings. The van der Waals surface area contributed by atoms with Crippen molar-refractivity contribution < 1.29 is 4.74 Å². The Bertz CT molecular complexity index is 522. The number of H-pyrrole nitrogens is 1. The fourth-order valence-electron chi connectivity index (χ4n) is 2.75. The van der Waals surface area contributed by atoms with E-state index in [1.54, 1.807) is 0 Å². The zero-order valence-electron chi connectivity index (χ0n) is 13.1. The minimum absolute atomic E-state index is 0.0345. The molecule has 1 saturated heterocycles. The summed E-state index contributed by atoms with van der Waals surface area (Å²) in [6.07, 6.45) is -0.140. The van der Waals surface area contributed by atoms with Crippen molar-refractivity contribution in [2.75, 3.05) is 19.7 Å². The molecule has 112 valence electrons. The first kappa shape index (κ1) is 15.2. The smallest absolute Gasteiger partial charge is 0.254 e. The van der Waals surface area contributed by atoms with Crippen molar-refractivity contribution in [2.45, 2.75) is 52.7 Å². The van der Waals surface area contributed by atoms with E-state index in [2.05, 4.69) is 28.7 Å². The van der Waals surface area contributed by atoms with E-state index >= 15 is 0 Å². The third-order valence-corrected chi connectivity index (χ3v) is 3.87. The van der Waals surface area contributed by atoms with Gasteiger partial charge in [0.2, 0.25) is 0 Å². The third kappa shape index (κ3) is 3.10. The molecule has 1 aromatic heterocycles. The molecule has 0 aromatic carbocycles. The molecular weight excluding hydrogens is 254 g/mol. The van der Waals surface area contributed by atoms with Gasteiger partial charge in [-0.3, -0.25) is 9.69 Å². The molecule has 0 aliphatic carbocycles. The number of aromatic nitrogens is 2. The van der Waals surface area contributed by atoms with Crippen LogP contribution < -0.4 is 5.56 Å². The summed E-state index contributed by atoms with van der Waals surface area (Å²) < 4.78 is 5.78. The van der Waals surface area contributed by atoms with Crippen molar-refractivity contribution in [3.05, 3.63) is 27.4 Å². The van der Waals surface area contributed by atoms with Crippen LogP contribution in [0, 0.1) is 6.92 Å². The SMILES string of the molecule is Cc1nc(C2CN(C(C)C)CCO2)[nH]c(=O)c1C(C)C. The highest BCUT2D eigenvalue weighted by atomic mass is 16.5. The summed E-state index contributed by atoms with van der Waals surface area (Å²) in [7, 11) is 0. The van der Waals surface area contributed by atoms with Crippen LogP contribution in [0.25, 0.3) is 0 Å². The monoisotopic (exact) mass is 279 g/mol. The van der Waals surface area contributed by atoms with Gasteiger partial charge in [0.25, 0.3) is 5.56 Å². The van der Waals surface area contributed by atoms with Gasteiger partial charge in [0.05, 0.1) is 6.61 Å². The van der Waals surface area contributed by atoms with Crippen LogP contribution in [-0.2, 0) is 4.74 Å². The fraction of sp³-hybridized carbons (Fsp3) is 0.733. The van der Waals surface area contributed by atoms with Gasteiger partial charge in [-0.2, -0.15) is 0 Å². The second-order valence-corrected chi connectivity index (χ2v) is 6.05. The van der Waals surface area contributed by atoms with Gasteiger partial charge in [0, 0.05) is 30.4 Å². The summed E-state index contributed by atoms with van der Waals surface area (Å²) >= 11 is 0. The number of nitrogens with zero attached hydrogens (tertiary/aromatic N) is 2. The van der Waals surface area contributed by atoms with Gasteiger partial charge >= 0.3 is 0 Å². The Hall–Kier alpha value is -1.20. The number of hydrogen-bond donors (Lipinski definition) is 1. The minimum Gasteiger partial charge on any atom is -0.368 e. The van der Waals surface area contributed by atoms with Gasteiger partial charge in [-0.15, -0.1) is 0 Å². The van der Waals surface area contributed by atoms with Gasteiger partial charge in [-0.25, -0.2) is 4.98 Å². The number of nitrogens with one attached hydrogen (secondary N) is 1. The van der Waals surface area contributed by atoms with Crippen molar-refractivity contribution >= 4 is 0 Å². The zero-order valence-corrected chi connectivity index (χ0v) is 13.1. The molecule has 2 heterocycles. The van der Waals surface area contributed by atoms with Crippen molar-refractivity contribution in [1.29, 1.82) is 0 Å². The Morgan fingerprint density at radius 3 is 2.60 bits per heavy atom. The molecule has 0 bridgehead atoms. The van der Waals surface area contributed by atoms with E-state index in [1.165, 1.54) is 0 Å². The van der Waals surface area contributed by atoms with Crippen molar-refractivity contribution in [1.82, 2.24) is 14.9 Å². The number of morpholine rings is 1. The van der Waals surface area contributed by atoms with E-state index in [-0.39, 0.29) is 17.6 Å². The Morgan fingerprint density at radius 1 is 1.35 bits per heavy atom. The average molecular weight is 279 g/mol. The predicted octanol–water partition coefficient (Wildman–Crippen LogP) is 1.98. The van der Waals surface area contributed by atoms with E-state index in [0.29, 0.717) is 18.5 Å². The van der Waals surface area contributed by atoms with E-state index in [1.807, 2.05) is 20.8 Å². The Labute approximate surface area is 120 Å². The molecule has 1 aliphatic heterocycles.